The molecule has 0 radical (unpaired) electrons. The van der Waals surface area contributed by atoms with Gasteiger partial charge in [0.15, 0.2) is 0 Å². The first-order valence-electron chi connectivity index (χ1n) is 10.7. The van der Waals surface area contributed by atoms with Crippen molar-refractivity contribution < 1.29 is 4.74 Å². The van der Waals surface area contributed by atoms with Crippen molar-refractivity contribution >= 4 is 22.4 Å². The number of halogens is 1. The molecule has 1 heterocycles. The van der Waals surface area contributed by atoms with Crippen molar-refractivity contribution in [2.45, 2.75) is 63.5 Å². The van der Waals surface area contributed by atoms with Gasteiger partial charge in [0.25, 0.3) is 5.56 Å². The molecule has 2 aromatic carbocycles. The second-order valence-corrected chi connectivity index (χ2v) is 8.89. The molecule has 0 bridgehead atoms. The van der Waals surface area contributed by atoms with E-state index in [0.29, 0.717) is 16.2 Å². The maximum absolute atomic E-state index is 12.0. The number of aromatic nitrogens is 1. The summed E-state index contributed by atoms with van der Waals surface area (Å²) in [5, 5.41) is 1.88. The number of aryl methyl sites for hydroxylation is 1. The molecular weight excluding hydrogens is 396 g/mol. The molecule has 0 aliphatic heterocycles. The number of benzene rings is 2. The summed E-state index contributed by atoms with van der Waals surface area (Å²) in [5.41, 5.74) is 9.22. The normalized spacial score (nSPS) is 22.7. The van der Waals surface area contributed by atoms with Gasteiger partial charge in [0, 0.05) is 23.0 Å². The van der Waals surface area contributed by atoms with Crippen LogP contribution in [0.25, 0.3) is 10.8 Å². The molecule has 1 fully saturated rings. The minimum Gasteiger partial charge on any atom is -0.489 e. The van der Waals surface area contributed by atoms with Crippen LogP contribution in [0.1, 0.15) is 50.2 Å². The number of nitrogens with one attached hydrogen (secondary N) is 1. The van der Waals surface area contributed by atoms with Gasteiger partial charge in [0.05, 0.1) is 11.1 Å². The molecule has 3 aromatic rings. The molecule has 1 aliphatic carbocycles. The number of pyridine rings is 1. The van der Waals surface area contributed by atoms with Crippen LogP contribution in [0.4, 0.5) is 0 Å². The largest absolute Gasteiger partial charge is 0.489 e. The molecule has 1 unspecified atom stereocenters. The highest BCUT2D eigenvalue weighted by atomic mass is 35.5. The van der Waals surface area contributed by atoms with E-state index in [4.69, 9.17) is 22.1 Å². The molecule has 1 saturated carbocycles. The average Bonchev–Trinajstić information content (AvgIpc) is 2.75. The highest BCUT2D eigenvalue weighted by molar-refractivity contribution is 6.32. The van der Waals surface area contributed by atoms with Crippen LogP contribution < -0.4 is 16.0 Å². The topological polar surface area (TPSA) is 68.1 Å². The number of hydrogen-bond acceptors (Lipinski definition) is 3. The van der Waals surface area contributed by atoms with Crippen molar-refractivity contribution in [3.8, 4) is 5.75 Å². The lowest BCUT2D eigenvalue weighted by molar-refractivity contribution is 0.103. The predicted molar refractivity (Wildman–Crippen MR) is 124 cm³/mol. The van der Waals surface area contributed by atoms with Gasteiger partial charge in [-0.2, -0.15) is 0 Å². The van der Waals surface area contributed by atoms with Crippen LogP contribution in [0, 0.1) is 6.92 Å². The molecule has 158 valence electrons. The first kappa shape index (κ1) is 21.0. The molecule has 1 aromatic heterocycles. The number of hydrogen-bond donors (Lipinski definition) is 2. The maximum Gasteiger partial charge on any atom is 0.255 e. The lowest BCUT2D eigenvalue weighted by Gasteiger charge is -2.45. The van der Waals surface area contributed by atoms with Gasteiger partial charge in [-0.25, -0.2) is 0 Å². The highest BCUT2D eigenvalue weighted by Gasteiger charge is 2.42. The zero-order chi connectivity index (χ0) is 21.3. The van der Waals surface area contributed by atoms with Crippen LogP contribution in [0.2, 0.25) is 5.02 Å². The van der Waals surface area contributed by atoms with E-state index >= 15 is 0 Å². The monoisotopic (exact) mass is 424 g/mol. The number of nitrogens with two attached hydrogens (primary N) is 1. The van der Waals surface area contributed by atoms with E-state index in [-0.39, 0.29) is 23.1 Å². The smallest absolute Gasteiger partial charge is 0.255 e. The fourth-order valence-corrected chi connectivity index (χ4v) is 5.25. The van der Waals surface area contributed by atoms with E-state index in [2.05, 4.69) is 43.1 Å². The van der Waals surface area contributed by atoms with E-state index in [1.54, 1.807) is 12.3 Å². The van der Waals surface area contributed by atoms with Crippen LogP contribution >= 0.6 is 11.6 Å². The van der Waals surface area contributed by atoms with Crippen molar-refractivity contribution in [3.05, 3.63) is 75.2 Å². The third kappa shape index (κ3) is 3.75. The second kappa shape index (κ2) is 8.44. The quantitative estimate of drug-likeness (QED) is 0.569. The first-order chi connectivity index (χ1) is 14.4. The molecule has 5 heteroatoms. The Morgan fingerprint density at radius 2 is 1.97 bits per heavy atom. The van der Waals surface area contributed by atoms with Gasteiger partial charge in [-0.3, -0.25) is 4.79 Å². The summed E-state index contributed by atoms with van der Waals surface area (Å²) < 4.78 is 6.32. The van der Waals surface area contributed by atoms with Gasteiger partial charge in [-0.05, 0) is 73.7 Å². The number of rotatable bonds is 5. The van der Waals surface area contributed by atoms with Crippen LogP contribution in [-0.2, 0) is 5.41 Å². The minimum atomic E-state index is -0.143. The Hall–Kier alpha value is -2.30. The average molecular weight is 425 g/mol. The van der Waals surface area contributed by atoms with Gasteiger partial charge in [-0.1, -0.05) is 42.8 Å². The summed E-state index contributed by atoms with van der Waals surface area (Å²) in [7, 11) is 0. The maximum atomic E-state index is 12.0. The van der Waals surface area contributed by atoms with Crippen LogP contribution in [0.5, 0.6) is 5.75 Å². The molecule has 0 amide bonds. The van der Waals surface area contributed by atoms with Crippen molar-refractivity contribution in [1.82, 2.24) is 4.98 Å². The summed E-state index contributed by atoms with van der Waals surface area (Å²) >= 11 is 6.44. The fourth-order valence-electron chi connectivity index (χ4n) is 5.04. The molecule has 30 heavy (non-hydrogen) atoms. The van der Waals surface area contributed by atoms with Gasteiger partial charge >= 0.3 is 0 Å². The Morgan fingerprint density at radius 3 is 2.67 bits per heavy atom. The summed E-state index contributed by atoms with van der Waals surface area (Å²) in [4.78, 5) is 14.7. The molecule has 1 atom stereocenters. The minimum absolute atomic E-state index is 0.0135. The van der Waals surface area contributed by atoms with Crippen LogP contribution in [0.15, 0.2) is 53.5 Å². The number of aromatic amines is 1. The fraction of sp³-hybridized carbons (Fsp3) is 0.400. The van der Waals surface area contributed by atoms with E-state index in [1.165, 1.54) is 11.1 Å². The molecule has 1 aliphatic rings. The number of fused-ring (bicyclic) bond motifs is 1. The molecule has 4 nitrogen and oxygen atoms in total. The highest BCUT2D eigenvalue weighted by Crippen LogP contribution is 2.45. The van der Waals surface area contributed by atoms with Crippen LogP contribution in [0.3, 0.4) is 0 Å². The van der Waals surface area contributed by atoms with Gasteiger partial charge in [0.1, 0.15) is 5.75 Å². The molecule has 3 N–H and O–H groups in total. The zero-order valence-corrected chi connectivity index (χ0v) is 18.3. The van der Waals surface area contributed by atoms with E-state index in [1.807, 2.05) is 12.1 Å². The van der Waals surface area contributed by atoms with E-state index < -0.39 is 0 Å². The molecular formula is C25H29ClN2O2. The van der Waals surface area contributed by atoms with E-state index in [0.717, 1.165) is 37.5 Å². The second-order valence-electron chi connectivity index (χ2n) is 8.48. The molecule has 0 saturated heterocycles. The summed E-state index contributed by atoms with van der Waals surface area (Å²) in [6.45, 7) is 4.35. The van der Waals surface area contributed by atoms with Crippen LogP contribution in [-0.4, -0.2) is 17.1 Å². The predicted octanol–water partition coefficient (Wildman–Crippen LogP) is 5.49. The lowest BCUT2D eigenvalue weighted by Crippen LogP contribution is -2.49. The Morgan fingerprint density at radius 1 is 1.23 bits per heavy atom. The van der Waals surface area contributed by atoms with Crippen molar-refractivity contribution in [3.63, 3.8) is 0 Å². The van der Waals surface area contributed by atoms with Crippen molar-refractivity contribution in [2.24, 2.45) is 5.73 Å². The Balaban J connectivity index is 1.56. The van der Waals surface area contributed by atoms with Crippen molar-refractivity contribution in [1.29, 1.82) is 0 Å². The molecule has 0 spiro atoms. The number of ether oxygens (including phenoxy) is 1. The molecule has 4 rings (SSSR count). The lowest BCUT2D eigenvalue weighted by atomic mass is 9.63. The third-order valence-electron chi connectivity index (χ3n) is 6.78. The van der Waals surface area contributed by atoms with E-state index in [9.17, 15) is 4.79 Å². The Labute approximate surface area is 182 Å². The summed E-state index contributed by atoms with van der Waals surface area (Å²) in [6.07, 6.45) is 6.50. The standard InChI is InChI=1S/C25H29ClN2O2/c1-3-23(27)25(20-7-5-4-6-16(20)2)11-8-18(9-12-25)30-22-14-17-10-13-28-24(29)19(17)15-21(22)26/h4-7,10,13-15,18,23H,3,8-9,11-12,27H2,1-2H3,(H,28,29). The zero-order valence-electron chi connectivity index (χ0n) is 17.6. The summed E-state index contributed by atoms with van der Waals surface area (Å²) in [5.74, 6) is 0.642. The van der Waals surface area contributed by atoms with Gasteiger partial charge in [0.2, 0.25) is 0 Å². The third-order valence-corrected chi connectivity index (χ3v) is 7.07. The van der Waals surface area contributed by atoms with Gasteiger partial charge < -0.3 is 15.5 Å². The van der Waals surface area contributed by atoms with Crippen molar-refractivity contribution in [2.75, 3.05) is 0 Å². The SMILES string of the molecule is CCC(N)C1(c2ccccc2C)CCC(Oc2cc3cc[nH]c(=O)c3cc2Cl)CC1. The van der Waals surface area contributed by atoms with Gasteiger partial charge in [-0.15, -0.1) is 0 Å². The first-order valence-corrected chi connectivity index (χ1v) is 11.1. The number of H-pyrrole nitrogens is 1. The summed E-state index contributed by atoms with van der Waals surface area (Å²) in [6, 6.07) is 14.2. The Kier molecular flexibility index (Phi) is 5.90. The Bertz CT molecular complexity index is 1100.